The van der Waals surface area contributed by atoms with Gasteiger partial charge in [0.25, 0.3) is 5.91 Å². The summed E-state index contributed by atoms with van der Waals surface area (Å²) >= 11 is 0. The molecule has 12 heteroatoms. The first-order valence-corrected chi connectivity index (χ1v) is 16.6. The average Bonchev–Trinajstić information content (AvgIpc) is 3.75. The molecule has 6 rings (SSSR count). The molecule has 3 N–H and O–H groups in total. The summed E-state index contributed by atoms with van der Waals surface area (Å²) in [7, 11) is 0. The van der Waals surface area contributed by atoms with Crippen molar-refractivity contribution in [3.05, 3.63) is 89.9 Å². The highest BCUT2D eigenvalue weighted by Gasteiger charge is 2.36. The van der Waals surface area contributed by atoms with Gasteiger partial charge in [0.1, 0.15) is 23.4 Å². The van der Waals surface area contributed by atoms with Crippen LogP contribution >= 0.6 is 0 Å². The third kappa shape index (κ3) is 7.96. The number of hydrogen-bond acceptors (Lipinski definition) is 9. The number of furan rings is 1. The molecule has 3 amide bonds. The van der Waals surface area contributed by atoms with E-state index in [1.165, 1.54) is 12.3 Å². The van der Waals surface area contributed by atoms with Crippen molar-refractivity contribution in [1.82, 2.24) is 20.1 Å². The smallest absolute Gasteiger partial charge is 0.255 e. The number of Topliss-reactive ketones (excluding diaryl/α,β-unsaturated/α-hetero) is 1. The number of ketones is 1. The van der Waals surface area contributed by atoms with E-state index in [0.717, 1.165) is 36.8 Å². The fourth-order valence-corrected chi connectivity index (χ4v) is 6.45. The number of nitrogens with zero attached hydrogens (tertiary/aromatic N) is 4. The molecule has 0 spiro atoms. The number of likely N-dealkylation sites (tertiary alicyclic amines) is 2. The summed E-state index contributed by atoms with van der Waals surface area (Å²) < 4.78 is 5.72. The maximum absolute atomic E-state index is 14.1. The first-order valence-electron chi connectivity index (χ1n) is 16.6. The van der Waals surface area contributed by atoms with Crippen molar-refractivity contribution in [2.24, 2.45) is 5.92 Å². The molecule has 2 aliphatic heterocycles. The Kier molecular flexibility index (Phi) is 10.3. The van der Waals surface area contributed by atoms with Gasteiger partial charge in [0, 0.05) is 48.0 Å². The third-order valence-corrected chi connectivity index (χ3v) is 8.99. The minimum Gasteiger partial charge on any atom is -0.461 e. The van der Waals surface area contributed by atoms with E-state index >= 15 is 0 Å². The van der Waals surface area contributed by atoms with E-state index in [4.69, 9.17) is 4.42 Å². The van der Waals surface area contributed by atoms with Gasteiger partial charge in [0.15, 0.2) is 5.78 Å². The molecular weight excluding hydrogens is 622 g/mol. The molecule has 12 nitrogen and oxygen atoms in total. The molecule has 4 heterocycles. The van der Waals surface area contributed by atoms with E-state index in [1.54, 1.807) is 58.5 Å². The summed E-state index contributed by atoms with van der Waals surface area (Å²) in [6.07, 6.45) is 5.97. The van der Waals surface area contributed by atoms with Gasteiger partial charge in [-0.2, -0.15) is 5.26 Å². The second kappa shape index (κ2) is 15.1. The van der Waals surface area contributed by atoms with Gasteiger partial charge in [-0.1, -0.05) is 12.1 Å². The Morgan fingerprint density at radius 3 is 2.55 bits per heavy atom. The summed E-state index contributed by atoms with van der Waals surface area (Å²) in [6, 6.07) is 18.4. The molecule has 2 unspecified atom stereocenters. The number of anilines is 2. The molecule has 2 saturated heterocycles. The van der Waals surface area contributed by atoms with Crippen LogP contribution in [0.3, 0.4) is 0 Å². The lowest BCUT2D eigenvalue weighted by molar-refractivity contribution is -0.140. The van der Waals surface area contributed by atoms with Crippen LogP contribution < -0.4 is 16.0 Å². The lowest BCUT2D eigenvalue weighted by Gasteiger charge is -2.31. The molecule has 49 heavy (non-hydrogen) atoms. The fraction of sp³-hybridized carbons (Fsp3) is 0.351. The fourth-order valence-electron chi connectivity index (χ4n) is 6.45. The first-order chi connectivity index (χ1) is 23.8. The molecule has 252 valence electrons. The Hall–Kier alpha value is -5.54. The van der Waals surface area contributed by atoms with Crippen molar-refractivity contribution in [2.75, 3.05) is 36.8 Å². The molecule has 0 bridgehead atoms. The Balaban J connectivity index is 1.26. The Morgan fingerprint density at radius 1 is 0.980 bits per heavy atom. The summed E-state index contributed by atoms with van der Waals surface area (Å²) in [6.45, 7) is 3.71. The number of nitriles is 1. The number of hydrogen-bond donors (Lipinski definition) is 3. The zero-order chi connectivity index (χ0) is 34.3. The van der Waals surface area contributed by atoms with Crippen LogP contribution in [0.15, 0.2) is 77.5 Å². The van der Waals surface area contributed by atoms with E-state index < -0.39 is 29.8 Å². The molecular formula is C37H39N7O5. The minimum atomic E-state index is -1.30. The minimum absolute atomic E-state index is 0.000125. The number of carbonyl (C=O) groups excluding carboxylic acids is 4. The zero-order valence-corrected chi connectivity index (χ0v) is 27.4. The normalized spacial score (nSPS) is 17.6. The van der Waals surface area contributed by atoms with Crippen molar-refractivity contribution in [3.63, 3.8) is 0 Å². The Labute approximate surface area is 284 Å². The largest absolute Gasteiger partial charge is 0.461 e. The van der Waals surface area contributed by atoms with E-state index in [1.807, 2.05) is 19.1 Å². The lowest BCUT2D eigenvalue weighted by Crippen LogP contribution is -2.55. The van der Waals surface area contributed by atoms with Crippen LogP contribution in [0.2, 0.25) is 0 Å². The van der Waals surface area contributed by atoms with Crippen molar-refractivity contribution in [1.29, 1.82) is 5.26 Å². The molecule has 0 saturated carbocycles. The highest BCUT2D eigenvalue weighted by Crippen LogP contribution is 2.25. The number of benzene rings is 2. The predicted octanol–water partition coefficient (Wildman–Crippen LogP) is 4.74. The van der Waals surface area contributed by atoms with Crippen LogP contribution in [0.5, 0.6) is 0 Å². The number of aryl methyl sites for hydroxylation is 1. The van der Waals surface area contributed by atoms with Crippen LogP contribution in [0.4, 0.5) is 11.4 Å². The number of rotatable bonds is 11. The molecule has 2 fully saturated rings. The van der Waals surface area contributed by atoms with Crippen molar-refractivity contribution in [2.45, 2.75) is 51.2 Å². The van der Waals surface area contributed by atoms with E-state index in [0.29, 0.717) is 43.0 Å². The maximum atomic E-state index is 14.1. The number of fused-ring (bicyclic) bond motifs is 1. The van der Waals surface area contributed by atoms with Gasteiger partial charge in [0.2, 0.25) is 11.8 Å². The maximum Gasteiger partial charge on any atom is 0.255 e. The van der Waals surface area contributed by atoms with Gasteiger partial charge >= 0.3 is 0 Å². The van der Waals surface area contributed by atoms with Crippen LogP contribution in [-0.2, 0) is 9.59 Å². The van der Waals surface area contributed by atoms with E-state index in [-0.39, 0.29) is 29.5 Å². The molecule has 3 atom stereocenters. The third-order valence-electron chi connectivity index (χ3n) is 8.99. The second-order valence-electron chi connectivity index (χ2n) is 12.5. The zero-order valence-electron chi connectivity index (χ0n) is 27.4. The van der Waals surface area contributed by atoms with E-state index in [2.05, 4.69) is 27.0 Å². The summed E-state index contributed by atoms with van der Waals surface area (Å²) in [5, 5.41) is 20.7. The number of pyridine rings is 1. The number of carbonyl (C=O) groups is 4. The van der Waals surface area contributed by atoms with Crippen molar-refractivity contribution in [3.8, 4) is 6.07 Å². The Bertz CT molecular complexity index is 1880. The summed E-state index contributed by atoms with van der Waals surface area (Å²) in [4.78, 5) is 61.4. The topological polar surface area (TPSA) is 161 Å². The Morgan fingerprint density at radius 2 is 1.78 bits per heavy atom. The first kappa shape index (κ1) is 33.4. The van der Waals surface area contributed by atoms with Gasteiger partial charge in [-0.25, -0.2) is 0 Å². The van der Waals surface area contributed by atoms with Gasteiger partial charge in [0.05, 0.1) is 30.5 Å². The van der Waals surface area contributed by atoms with Crippen LogP contribution in [-0.4, -0.2) is 76.7 Å². The van der Waals surface area contributed by atoms with Crippen LogP contribution in [0, 0.1) is 24.2 Å². The molecule has 2 aromatic heterocycles. The van der Waals surface area contributed by atoms with Gasteiger partial charge in [-0.05, 0) is 87.6 Å². The van der Waals surface area contributed by atoms with Crippen LogP contribution in [0.1, 0.15) is 58.6 Å². The second-order valence-corrected chi connectivity index (χ2v) is 12.5. The van der Waals surface area contributed by atoms with Gasteiger partial charge in [-0.15, -0.1) is 0 Å². The molecule has 2 aromatic carbocycles. The highest BCUT2D eigenvalue weighted by atomic mass is 16.3. The molecule has 2 aliphatic rings. The predicted molar refractivity (Wildman–Crippen MR) is 184 cm³/mol. The molecule has 0 radical (unpaired) electrons. The van der Waals surface area contributed by atoms with Gasteiger partial charge < -0.3 is 24.9 Å². The SMILES string of the molecule is Cc1cc2cc(NC(N[C@H]3CCCCN(CC(=O)N4CCCC4)C3=O)C(C#N)C(=O)c3cccc(C(=O)Nc4cccnc4)c3)ccc2o1. The average molecular weight is 662 g/mol. The molecule has 0 aliphatic carbocycles. The van der Waals surface area contributed by atoms with Gasteiger partial charge in [-0.3, -0.25) is 29.5 Å². The van der Waals surface area contributed by atoms with Crippen molar-refractivity contribution < 1.29 is 23.6 Å². The summed E-state index contributed by atoms with van der Waals surface area (Å²) in [5.41, 5.74) is 2.22. The number of aromatic nitrogens is 1. The monoisotopic (exact) mass is 661 g/mol. The number of nitrogens with one attached hydrogen (secondary N) is 3. The highest BCUT2D eigenvalue weighted by molar-refractivity contribution is 6.07. The standard InChI is InChI=1S/C37H39N7O5/c1-24-18-27-20-28(12-13-32(27)49-24)40-35(42-31-11-2-3-17-44(37(31)48)23-33(45)43-15-4-5-16-43)30(21-38)34(46)25-8-6-9-26(19-25)36(47)41-29-10-7-14-39-22-29/h6-10,12-14,18-20,22,30-31,35,40,42H,2-5,11,15-17,23H2,1H3,(H,41,47)/t30?,31-,35?/m0/s1. The molecule has 4 aromatic rings. The van der Waals surface area contributed by atoms with Crippen LogP contribution in [0.25, 0.3) is 11.0 Å². The quantitative estimate of drug-likeness (QED) is 0.152. The summed E-state index contributed by atoms with van der Waals surface area (Å²) in [5.74, 6) is -1.81. The lowest BCUT2D eigenvalue weighted by atomic mass is 9.93. The number of amides is 3. The van der Waals surface area contributed by atoms with E-state index in [9.17, 15) is 24.4 Å². The van der Waals surface area contributed by atoms with Crippen molar-refractivity contribution >= 4 is 45.8 Å².